The van der Waals surface area contributed by atoms with E-state index in [-0.39, 0.29) is 37.5 Å². The van der Waals surface area contributed by atoms with Crippen LogP contribution in [0, 0.1) is 0 Å². The number of likely N-dealkylation sites (N-methyl/N-ethyl adjacent to an activating group) is 1. The van der Waals surface area contributed by atoms with Gasteiger partial charge in [0.2, 0.25) is 10.0 Å². The van der Waals surface area contributed by atoms with E-state index in [1.54, 1.807) is 0 Å². The standard InChI is InChI=1S/C27H28Br2N2O7S/c1-31(25(26(32)33)8-5-13-30-27(34)38-17-19-6-3-2-4-7-19)39(35,36)24-11-9-23(10-12-24)37-18-20-14-21(28)16-22(29)15-20/h2-4,6-7,9-12,14-16,25H,5,8,13,17-18H2,1H3,(H,30,34)(H,32,33)/t25-/m1/s1. The van der Waals surface area contributed by atoms with Crippen molar-refractivity contribution < 1.29 is 32.6 Å². The number of carbonyl (C=O) groups is 2. The van der Waals surface area contributed by atoms with Crippen molar-refractivity contribution in [1.29, 1.82) is 0 Å². The average Bonchev–Trinajstić information content (AvgIpc) is 2.90. The maximum Gasteiger partial charge on any atom is 0.407 e. The largest absolute Gasteiger partial charge is 0.489 e. The van der Waals surface area contributed by atoms with Crippen LogP contribution in [0.4, 0.5) is 4.79 Å². The second kappa shape index (κ2) is 14.5. The molecule has 0 unspecified atom stereocenters. The molecule has 0 aliphatic rings. The van der Waals surface area contributed by atoms with Gasteiger partial charge in [0.25, 0.3) is 0 Å². The molecular weight excluding hydrogens is 656 g/mol. The summed E-state index contributed by atoms with van der Waals surface area (Å²) in [6, 6.07) is 19.4. The van der Waals surface area contributed by atoms with Crippen LogP contribution < -0.4 is 10.1 Å². The molecule has 0 aliphatic carbocycles. The molecule has 0 heterocycles. The lowest BCUT2D eigenvalue weighted by Crippen LogP contribution is -2.42. The number of rotatable bonds is 13. The molecule has 1 amide bonds. The first-order chi connectivity index (χ1) is 18.6. The zero-order valence-corrected chi connectivity index (χ0v) is 25.0. The molecule has 3 aromatic rings. The first-order valence-electron chi connectivity index (χ1n) is 11.9. The Morgan fingerprint density at radius 2 is 1.59 bits per heavy atom. The Hall–Kier alpha value is -2.93. The molecule has 39 heavy (non-hydrogen) atoms. The molecule has 3 rings (SSSR count). The van der Waals surface area contributed by atoms with Crippen LogP contribution in [0.1, 0.15) is 24.0 Å². The molecular formula is C27H28Br2N2O7S. The lowest BCUT2D eigenvalue weighted by Gasteiger charge is -2.24. The highest BCUT2D eigenvalue weighted by Crippen LogP contribution is 2.24. The van der Waals surface area contributed by atoms with E-state index in [9.17, 15) is 23.1 Å². The topological polar surface area (TPSA) is 122 Å². The Balaban J connectivity index is 1.52. The zero-order valence-electron chi connectivity index (χ0n) is 21.0. The first kappa shape index (κ1) is 30.6. The second-order valence-electron chi connectivity index (χ2n) is 8.54. The van der Waals surface area contributed by atoms with Gasteiger partial charge >= 0.3 is 12.1 Å². The first-order valence-corrected chi connectivity index (χ1v) is 14.9. The lowest BCUT2D eigenvalue weighted by atomic mass is 10.1. The molecule has 0 aromatic heterocycles. The highest BCUT2D eigenvalue weighted by molar-refractivity contribution is 9.11. The molecule has 0 bridgehead atoms. The summed E-state index contributed by atoms with van der Waals surface area (Å²) >= 11 is 6.85. The van der Waals surface area contributed by atoms with Crippen LogP contribution in [-0.4, -0.2) is 49.5 Å². The Morgan fingerprint density at radius 3 is 2.21 bits per heavy atom. The summed E-state index contributed by atoms with van der Waals surface area (Å²) in [5.74, 6) is -0.819. The Bertz CT molecular complexity index is 1350. The van der Waals surface area contributed by atoms with Crippen LogP contribution in [0.2, 0.25) is 0 Å². The summed E-state index contributed by atoms with van der Waals surface area (Å²) in [6.45, 7) is 0.516. The number of carbonyl (C=O) groups excluding carboxylic acids is 1. The summed E-state index contributed by atoms with van der Waals surface area (Å²) in [5.41, 5.74) is 1.75. The van der Waals surface area contributed by atoms with Gasteiger partial charge in [0, 0.05) is 22.5 Å². The molecule has 0 radical (unpaired) electrons. The van der Waals surface area contributed by atoms with Crippen molar-refractivity contribution in [1.82, 2.24) is 9.62 Å². The van der Waals surface area contributed by atoms with Crippen molar-refractivity contribution in [2.75, 3.05) is 13.6 Å². The van der Waals surface area contributed by atoms with Crippen molar-refractivity contribution in [3.63, 3.8) is 0 Å². The number of ether oxygens (including phenoxy) is 2. The summed E-state index contributed by atoms with van der Waals surface area (Å²) in [6.07, 6.45) is -0.412. The highest BCUT2D eigenvalue weighted by atomic mass is 79.9. The molecule has 208 valence electrons. The van der Waals surface area contributed by atoms with Crippen LogP contribution in [0.3, 0.4) is 0 Å². The molecule has 0 spiro atoms. The van der Waals surface area contributed by atoms with E-state index in [0.717, 1.165) is 24.4 Å². The number of nitrogens with one attached hydrogen (secondary N) is 1. The molecule has 3 aromatic carbocycles. The van der Waals surface area contributed by atoms with Crippen molar-refractivity contribution >= 4 is 53.9 Å². The number of aliphatic carboxylic acids is 1. The van der Waals surface area contributed by atoms with Gasteiger partial charge in [-0.15, -0.1) is 0 Å². The van der Waals surface area contributed by atoms with Gasteiger partial charge in [-0.1, -0.05) is 62.2 Å². The average molecular weight is 684 g/mol. The van der Waals surface area contributed by atoms with Crippen LogP contribution in [-0.2, 0) is 32.8 Å². The minimum Gasteiger partial charge on any atom is -0.489 e. The third-order valence-electron chi connectivity index (χ3n) is 5.69. The predicted octanol–water partition coefficient (Wildman–Crippen LogP) is 5.57. The quantitative estimate of drug-likeness (QED) is 0.226. The molecule has 0 aliphatic heterocycles. The van der Waals surface area contributed by atoms with Crippen LogP contribution in [0.5, 0.6) is 5.75 Å². The maximum atomic E-state index is 13.1. The van der Waals surface area contributed by atoms with Crippen molar-refractivity contribution in [3.05, 3.63) is 92.9 Å². The van der Waals surface area contributed by atoms with E-state index in [1.165, 1.54) is 31.3 Å². The van der Waals surface area contributed by atoms with E-state index in [1.807, 2.05) is 48.5 Å². The monoisotopic (exact) mass is 682 g/mol. The Labute approximate surface area is 244 Å². The zero-order chi connectivity index (χ0) is 28.4. The molecule has 0 fully saturated rings. The minimum atomic E-state index is -4.10. The molecule has 0 saturated heterocycles. The summed E-state index contributed by atoms with van der Waals surface area (Å²) in [4.78, 5) is 23.7. The smallest absolute Gasteiger partial charge is 0.407 e. The van der Waals surface area contributed by atoms with Crippen LogP contribution >= 0.6 is 31.9 Å². The maximum absolute atomic E-state index is 13.1. The third kappa shape index (κ3) is 9.34. The van der Waals surface area contributed by atoms with Gasteiger partial charge in [0.15, 0.2) is 0 Å². The van der Waals surface area contributed by atoms with Gasteiger partial charge in [-0.3, -0.25) is 4.79 Å². The highest BCUT2D eigenvalue weighted by Gasteiger charge is 2.32. The fourth-order valence-corrected chi connectivity index (χ4v) is 6.36. The van der Waals surface area contributed by atoms with E-state index in [2.05, 4.69) is 37.2 Å². The number of nitrogens with zero attached hydrogens (tertiary/aromatic N) is 1. The van der Waals surface area contributed by atoms with Crippen molar-refractivity contribution in [2.45, 2.75) is 37.0 Å². The molecule has 12 heteroatoms. The number of alkyl carbamates (subject to hydrolysis) is 1. The third-order valence-corrected chi connectivity index (χ3v) is 8.49. The number of carboxylic acid groups (broad SMARTS) is 1. The summed E-state index contributed by atoms with van der Waals surface area (Å²) in [7, 11) is -2.87. The fourth-order valence-electron chi connectivity index (χ4n) is 3.62. The van der Waals surface area contributed by atoms with Crippen molar-refractivity contribution in [3.8, 4) is 5.75 Å². The number of halogens is 2. The SMILES string of the molecule is CN([C@H](CCCNC(=O)OCc1ccccc1)C(=O)O)S(=O)(=O)c1ccc(OCc2cc(Br)cc(Br)c2)cc1. The van der Waals surface area contributed by atoms with Gasteiger partial charge in [-0.05, 0) is 66.4 Å². The van der Waals surface area contributed by atoms with Gasteiger partial charge in [-0.2, -0.15) is 4.31 Å². The number of sulfonamides is 1. The number of benzene rings is 3. The summed E-state index contributed by atoms with van der Waals surface area (Å²) in [5, 5.41) is 12.2. The fraction of sp³-hybridized carbons (Fsp3) is 0.259. The number of amides is 1. The van der Waals surface area contributed by atoms with Gasteiger partial charge < -0.3 is 19.9 Å². The van der Waals surface area contributed by atoms with E-state index < -0.39 is 28.1 Å². The number of carboxylic acids is 1. The second-order valence-corrected chi connectivity index (χ2v) is 12.4. The van der Waals surface area contributed by atoms with E-state index in [0.29, 0.717) is 5.75 Å². The van der Waals surface area contributed by atoms with Crippen LogP contribution in [0.25, 0.3) is 0 Å². The van der Waals surface area contributed by atoms with Crippen molar-refractivity contribution in [2.24, 2.45) is 0 Å². The molecule has 9 nitrogen and oxygen atoms in total. The Kier molecular flexibility index (Phi) is 11.3. The number of hydrogen-bond donors (Lipinski definition) is 2. The van der Waals surface area contributed by atoms with Gasteiger partial charge in [-0.25, -0.2) is 13.2 Å². The lowest BCUT2D eigenvalue weighted by molar-refractivity contribution is -0.141. The summed E-state index contributed by atoms with van der Waals surface area (Å²) < 4.78 is 39.7. The minimum absolute atomic E-state index is 0.00653. The van der Waals surface area contributed by atoms with E-state index in [4.69, 9.17) is 9.47 Å². The van der Waals surface area contributed by atoms with E-state index >= 15 is 0 Å². The normalized spacial score (nSPS) is 12.1. The van der Waals surface area contributed by atoms with Crippen LogP contribution in [0.15, 0.2) is 86.6 Å². The Morgan fingerprint density at radius 1 is 0.949 bits per heavy atom. The van der Waals surface area contributed by atoms with Gasteiger partial charge in [0.05, 0.1) is 4.90 Å². The molecule has 2 N–H and O–H groups in total. The molecule has 0 saturated carbocycles. The number of hydrogen-bond acceptors (Lipinski definition) is 6. The predicted molar refractivity (Wildman–Crippen MR) is 153 cm³/mol. The molecule has 1 atom stereocenters. The van der Waals surface area contributed by atoms with Gasteiger partial charge in [0.1, 0.15) is 25.0 Å².